The topological polar surface area (TPSA) is 38.7 Å². The Morgan fingerprint density at radius 3 is 2.71 bits per heavy atom. The smallest absolute Gasteiger partial charge is 0.181 e. The molecule has 1 aromatic carbocycles. The average molecular weight is 254 g/mol. The van der Waals surface area contributed by atoms with Crippen molar-refractivity contribution in [2.75, 3.05) is 0 Å². The van der Waals surface area contributed by atoms with Crippen LogP contribution in [0.5, 0.6) is 0 Å². The molecular formula is C9H5BrFN3. The number of aromatic nitrogens is 3. The summed E-state index contributed by atoms with van der Waals surface area (Å²) in [6.45, 7) is 0. The number of hydrogen-bond donors (Lipinski definition) is 0. The Labute approximate surface area is 88.1 Å². The van der Waals surface area contributed by atoms with Crippen molar-refractivity contribution in [1.29, 1.82) is 0 Å². The highest BCUT2D eigenvalue weighted by Gasteiger charge is 2.04. The first kappa shape index (κ1) is 9.21. The fourth-order valence-electron chi connectivity index (χ4n) is 1.02. The third-order valence-corrected chi connectivity index (χ3v) is 2.27. The van der Waals surface area contributed by atoms with Crippen molar-refractivity contribution in [3.63, 3.8) is 0 Å². The Balaban J connectivity index is 2.48. The van der Waals surface area contributed by atoms with Crippen molar-refractivity contribution in [3.05, 3.63) is 40.9 Å². The van der Waals surface area contributed by atoms with Crippen molar-refractivity contribution in [2.24, 2.45) is 0 Å². The largest absolute Gasteiger partial charge is 0.233 e. The van der Waals surface area contributed by atoms with Crippen molar-refractivity contribution in [2.45, 2.75) is 0 Å². The van der Waals surface area contributed by atoms with Crippen LogP contribution in [0.2, 0.25) is 0 Å². The van der Waals surface area contributed by atoms with Crippen molar-refractivity contribution in [1.82, 2.24) is 15.2 Å². The monoisotopic (exact) mass is 253 g/mol. The van der Waals surface area contributed by atoms with E-state index in [0.29, 0.717) is 10.3 Å². The lowest BCUT2D eigenvalue weighted by atomic mass is 10.2. The molecule has 0 aliphatic carbocycles. The van der Waals surface area contributed by atoms with Crippen LogP contribution in [0.1, 0.15) is 0 Å². The summed E-state index contributed by atoms with van der Waals surface area (Å²) in [5.41, 5.74) is 0.728. The number of benzene rings is 1. The molecule has 1 aromatic heterocycles. The summed E-state index contributed by atoms with van der Waals surface area (Å²) < 4.78 is 13.3. The van der Waals surface area contributed by atoms with Crippen LogP contribution in [-0.2, 0) is 0 Å². The van der Waals surface area contributed by atoms with Gasteiger partial charge in [0.05, 0.1) is 10.7 Å². The maximum absolute atomic E-state index is 12.9. The van der Waals surface area contributed by atoms with Gasteiger partial charge in [0.1, 0.15) is 5.82 Å². The highest BCUT2D eigenvalue weighted by Crippen LogP contribution is 2.21. The number of hydrogen-bond acceptors (Lipinski definition) is 3. The zero-order valence-corrected chi connectivity index (χ0v) is 8.57. The maximum Gasteiger partial charge on any atom is 0.181 e. The Hall–Kier alpha value is -1.36. The van der Waals surface area contributed by atoms with Crippen molar-refractivity contribution < 1.29 is 4.39 Å². The van der Waals surface area contributed by atoms with Crippen LogP contribution in [-0.4, -0.2) is 15.2 Å². The molecular weight excluding hydrogens is 249 g/mol. The van der Waals surface area contributed by atoms with Gasteiger partial charge in [-0.3, -0.25) is 0 Å². The van der Waals surface area contributed by atoms with E-state index < -0.39 is 0 Å². The predicted molar refractivity (Wildman–Crippen MR) is 52.9 cm³/mol. The number of halogens is 2. The van der Waals surface area contributed by atoms with Gasteiger partial charge in [-0.25, -0.2) is 9.37 Å². The van der Waals surface area contributed by atoms with Crippen LogP contribution in [0.4, 0.5) is 4.39 Å². The van der Waals surface area contributed by atoms with Gasteiger partial charge < -0.3 is 0 Å². The van der Waals surface area contributed by atoms with Gasteiger partial charge in [-0.05, 0) is 34.1 Å². The van der Waals surface area contributed by atoms with E-state index in [4.69, 9.17) is 0 Å². The highest BCUT2D eigenvalue weighted by atomic mass is 79.9. The van der Waals surface area contributed by atoms with Gasteiger partial charge in [0.25, 0.3) is 0 Å². The minimum absolute atomic E-state index is 0.308. The standard InChI is InChI=1S/C9H5BrFN3/c10-7-5-6(1-2-8(7)11)9-12-3-4-13-14-9/h1-5H. The Kier molecular flexibility index (Phi) is 2.49. The first-order chi connectivity index (χ1) is 6.77. The van der Waals surface area contributed by atoms with Crippen LogP contribution in [0.3, 0.4) is 0 Å². The van der Waals surface area contributed by atoms with Gasteiger partial charge in [0.2, 0.25) is 0 Å². The molecule has 0 aliphatic rings. The van der Waals surface area contributed by atoms with Gasteiger partial charge in [-0.1, -0.05) is 0 Å². The molecule has 0 amide bonds. The summed E-state index contributed by atoms with van der Waals surface area (Å²) in [5, 5.41) is 7.51. The molecule has 0 atom stereocenters. The maximum atomic E-state index is 12.9. The summed E-state index contributed by atoms with van der Waals surface area (Å²) >= 11 is 3.09. The molecule has 0 bridgehead atoms. The highest BCUT2D eigenvalue weighted by molar-refractivity contribution is 9.10. The van der Waals surface area contributed by atoms with Crippen molar-refractivity contribution >= 4 is 15.9 Å². The first-order valence-corrected chi connectivity index (χ1v) is 4.66. The lowest BCUT2D eigenvalue weighted by Gasteiger charge is -1.99. The average Bonchev–Trinajstić information content (AvgIpc) is 2.23. The fraction of sp³-hybridized carbons (Fsp3) is 0. The number of rotatable bonds is 1. The third kappa shape index (κ3) is 1.77. The molecule has 0 saturated carbocycles. The first-order valence-electron chi connectivity index (χ1n) is 3.86. The van der Waals surface area contributed by atoms with Gasteiger partial charge >= 0.3 is 0 Å². The Bertz CT molecular complexity index is 447. The van der Waals surface area contributed by atoms with E-state index in [2.05, 4.69) is 31.1 Å². The lowest BCUT2D eigenvalue weighted by molar-refractivity contribution is 0.621. The Morgan fingerprint density at radius 1 is 1.21 bits per heavy atom. The van der Waals surface area contributed by atoms with Crippen molar-refractivity contribution in [3.8, 4) is 11.4 Å². The van der Waals surface area contributed by atoms with Gasteiger partial charge in [-0.15, -0.1) is 5.10 Å². The predicted octanol–water partition coefficient (Wildman–Crippen LogP) is 2.44. The summed E-state index contributed by atoms with van der Waals surface area (Å²) in [7, 11) is 0. The second kappa shape index (κ2) is 3.79. The molecule has 0 spiro atoms. The SMILES string of the molecule is Fc1ccc(-c2nccnn2)cc1Br. The molecule has 0 N–H and O–H groups in total. The second-order valence-electron chi connectivity index (χ2n) is 2.60. The van der Waals surface area contributed by atoms with Gasteiger partial charge in [0.15, 0.2) is 5.82 Å². The summed E-state index contributed by atoms with van der Waals surface area (Å²) in [4.78, 5) is 4.00. The summed E-state index contributed by atoms with van der Waals surface area (Å²) in [6, 6.07) is 4.58. The zero-order chi connectivity index (χ0) is 9.97. The van der Waals surface area contributed by atoms with E-state index in [-0.39, 0.29) is 5.82 Å². The summed E-state index contributed by atoms with van der Waals surface area (Å²) in [6.07, 6.45) is 3.03. The molecule has 0 aliphatic heterocycles. The molecule has 0 saturated heterocycles. The van der Waals surface area contributed by atoms with E-state index >= 15 is 0 Å². The minimum atomic E-state index is -0.308. The molecule has 3 nitrogen and oxygen atoms in total. The Morgan fingerprint density at radius 2 is 2.07 bits per heavy atom. The quantitative estimate of drug-likeness (QED) is 0.784. The van der Waals surface area contributed by atoms with Crippen LogP contribution in [0.15, 0.2) is 35.1 Å². The van der Waals surface area contributed by atoms with E-state index in [9.17, 15) is 4.39 Å². The molecule has 0 radical (unpaired) electrons. The molecule has 0 fully saturated rings. The normalized spacial score (nSPS) is 10.1. The molecule has 5 heteroatoms. The van der Waals surface area contributed by atoms with Crippen LogP contribution in [0.25, 0.3) is 11.4 Å². The molecule has 70 valence electrons. The molecule has 1 heterocycles. The number of nitrogens with zero attached hydrogens (tertiary/aromatic N) is 3. The van der Waals surface area contributed by atoms with E-state index in [0.717, 1.165) is 5.56 Å². The minimum Gasteiger partial charge on any atom is -0.233 e. The zero-order valence-electron chi connectivity index (χ0n) is 6.98. The lowest BCUT2D eigenvalue weighted by Crippen LogP contribution is -1.90. The van der Waals surface area contributed by atoms with Crippen LogP contribution >= 0.6 is 15.9 Å². The van der Waals surface area contributed by atoms with E-state index in [1.54, 1.807) is 18.3 Å². The molecule has 0 unspecified atom stereocenters. The molecule has 14 heavy (non-hydrogen) atoms. The van der Waals surface area contributed by atoms with Crippen LogP contribution in [0, 0.1) is 5.82 Å². The van der Waals surface area contributed by atoms with Gasteiger partial charge in [-0.2, -0.15) is 5.10 Å². The third-order valence-electron chi connectivity index (χ3n) is 1.66. The fourth-order valence-corrected chi connectivity index (χ4v) is 1.39. The van der Waals surface area contributed by atoms with Gasteiger partial charge in [0, 0.05) is 11.8 Å². The van der Waals surface area contributed by atoms with Crippen LogP contribution < -0.4 is 0 Å². The molecule has 2 aromatic rings. The molecule has 2 rings (SSSR count). The van der Waals surface area contributed by atoms with E-state index in [1.807, 2.05) is 0 Å². The second-order valence-corrected chi connectivity index (χ2v) is 3.45. The summed E-state index contributed by atoms with van der Waals surface area (Å²) in [5.74, 6) is 0.172. The van der Waals surface area contributed by atoms with E-state index in [1.165, 1.54) is 12.3 Å².